The second-order valence-corrected chi connectivity index (χ2v) is 6.46. The van der Waals surface area contributed by atoms with E-state index in [4.69, 9.17) is 4.74 Å². The summed E-state index contributed by atoms with van der Waals surface area (Å²) in [5.74, 6) is 2.90. The van der Waals surface area contributed by atoms with E-state index in [1.807, 2.05) is 11.8 Å². The molecule has 3 atom stereocenters. The average molecular weight is 257 g/mol. The van der Waals surface area contributed by atoms with E-state index in [1.54, 1.807) is 0 Å². The number of hydrogen-bond donors (Lipinski definition) is 1. The lowest BCUT2D eigenvalue weighted by molar-refractivity contribution is -0.151. The fourth-order valence-corrected chi connectivity index (χ4v) is 3.62. The summed E-state index contributed by atoms with van der Waals surface area (Å²) < 4.78 is 5.58. The molecule has 0 aromatic rings. The monoisotopic (exact) mass is 257 g/mol. The SMILES string of the molecule is CC1CCCC(OC(=O)CC2CSCCN2)C1. The number of thioether (sulfide) groups is 1. The van der Waals surface area contributed by atoms with Crippen molar-refractivity contribution in [2.24, 2.45) is 5.92 Å². The largest absolute Gasteiger partial charge is 0.462 e. The van der Waals surface area contributed by atoms with Gasteiger partial charge in [-0.15, -0.1) is 0 Å². The molecule has 4 heteroatoms. The lowest BCUT2D eigenvalue weighted by Crippen LogP contribution is -2.39. The highest BCUT2D eigenvalue weighted by molar-refractivity contribution is 7.99. The van der Waals surface area contributed by atoms with Crippen LogP contribution >= 0.6 is 11.8 Å². The van der Waals surface area contributed by atoms with Crippen molar-refractivity contribution >= 4 is 17.7 Å². The first-order valence-corrected chi connectivity index (χ1v) is 7.90. The number of carbonyl (C=O) groups excluding carboxylic acids is 1. The first kappa shape index (κ1) is 13.2. The van der Waals surface area contributed by atoms with Gasteiger partial charge in [-0.3, -0.25) is 4.79 Å². The van der Waals surface area contributed by atoms with Gasteiger partial charge in [0.2, 0.25) is 0 Å². The van der Waals surface area contributed by atoms with Crippen LogP contribution in [-0.2, 0) is 9.53 Å². The van der Waals surface area contributed by atoms with E-state index >= 15 is 0 Å². The normalized spacial score (nSPS) is 34.3. The molecule has 2 rings (SSSR count). The fraction of sp³-hybridized carbons (Fsp3) is 0.923. The fourth-order valence-electron chi connectivity index (χ4n) is 2.67. The minimum absolute atomic E-state index is 0.0101. The van der Waals surface area contributed by atoms with Gasteiger partial charge in [-0.25, -0.2) is 0 Å². The van der Waals surface area contributed by atoms with E-state index in [0.717, 1.165) is 30.9 Å². The molecule has 0 amide bonds. The van der Waals surface area contributed by atoms with Crippen molar-refractivity contribution in [1.82, 2.24) is 5.32 Å². The molecule has 3 unspecified atom stereocenters. The summed E-state index contributed by atoms with van der Waals surface area (Å²) in [6.07, 6.45) is 5.33. The number of hydrogen-bond acceptors (Lipinski definition) is 4. The number of esters is 1. The van der Waals surface area contributed by atoms with Crippen LogP contribution in [0.3, 0.4) is 0 Å². The number of carbonyl (C=O) groups is 1. The molecule has 17 heavy (non-hydrogen) atoms. The van der Waals surface area contributed by atoms with Crippen molar-refractivity contribution in [3.05, 3.63) is 0 Å². The predicted molar refractivity (Wildman–Crippen MR) is 71.2 cm³/mol. The van der Waals surface area contributed by atoms with Crippen molar-refractivity contribution in [2.75, 3.05) is 18.1 Å². The summed E-state index contributed by atoms with van der Waals surface area (Å²) in [5.41, 5.74) is 0. The van der Waals surface area contributed by atoms with Gasteiger partial charge in [-0.2, -0.15) is 11.8 Å². The summed E-state index contributed by atoms with van der Waals surface area (Å²) in [7, 11) is 0. The molecule has 1 N–H and O–H groups in total. The van der Waals surface area contributed by atoms with Crippen molar-refractivity contribution in [2.45, 2.75) is 51.2 Å². The minimum atomic E-state index is -0.0101. The van der Waals surface area contributed by atoms with Gasteiger partial charge in [0.25, 0.3) is 0 Å². The Morgan fingerprint density at radius 3 is 3.06 bits per heavy atom. The molecular weight excluding hydrogens is 234 g/mol. The maximum absolute atomic E-state index is 11.8. The van der Waals surface area contributed by atoms with Gasteiger partial charge in [0.15, 0.2) is 0 Å². The first-order valence-electron chi connectivity index (χ1n) is 6.74. The molecular formula is C13H23NO2S. The molecule has 1 saturated heterocycles. The molecule has 98 valence electrons. The lowest BCUT2D eigenvalue weighted by atomic mass is 9.89. The van der Waals surface area contributed by atoms with Crippen LogP contribution in [0.1, 0.15) is 39.0 Å². The molecule has 0 radical (unpaired) electrons. The van der Waals surface area contributed by atoms with Crippen LogP contribution in [0.5, 0.6) is 0 Å². The smallest absolute Gasteiger partial charge is 0.307 e. The molecule has 1 saturated carbocycles. The predicted octanol–water partition coefficient (Wildman–Crippen LogP) is 2.20. The summed E-state index contributed by atoms with van der Waals surface area (Å²) in [6, 6.07) is 0.322. The van der Waals surface area contributed by atoms with Crippen LogP contribution < -0.4 is 5.32 Å². The van der Waals surface area contributed by atoms with Crippen LogP contribution in [-0.4, -0.2) is 36.2 Å². The van der Waals surface area contributed by atoms with E-state index in [2.05, 4.69) is 12.2 Å². The van der Waals surface area contributed by atoms with Crippen LogP contribution in [0, 0.1) is 5.92 Å². The number of rotatable bonds is 3. The van der Waals surface area contributed by atoms with Gasteiger partial charge >= 0.3 is 5.97 Å². The van der Waals surface area contributed by atoms with Gasteiger partial charge in [-0.05, 0) is 25.2 Å². The van der Waals surface area contributed by atoms with E-state index < -0.39 is 0 Å². The summed E-state index contributed by atoms with van der Waals surface area (Å²) in [6.45, 7) is 3.27. The first-order chi connectivity index (χ1) is 8.24. The van der Waals surface area contributed by atoms with Crippen molar-refractivity contribution in [1.29, 1.82) is 0 Å². The van der Waals surface area contributed by atoms with Crippen molar-refractivity contribution in [3.63, 3.8) is 0 Å². The zero-order valence-corrected chi connectivity index (χ0v) is 11.4. The number of nitrogens with one attached hydrogen (secondary N) is 1. The third kappa shape index (κ3) is 4.51. The Morgan fingerprint density at radius 2 is 2.35 bits per heavy atom. The third-order valence-corrected chi connectivity index (χ3v) is 4.73. The molecule has 2 fully saturated rings. The topological polar surface area (TPSA) is 38.3 Å². The van der Waals surface area contributed by atoms with Crippen LogP contribution in [0.15, 0.2) is 0 Å². The third-order valence-electron chi connectivity index (χ3n) is 3.60. The molecule has 1 heterocycles. The average Bonchev–Trinajstić information content (AvgIpc) is 2.30. The van der Waals surface area contributed by atoms with Crippen LogP contribution in [0.2, 0.25) is 0 Å². The second kappa shape index (κ2) is 6.64. The molecule has 0 spiro atoms. The standard InChI is InChI=1S/C13H23NO2S/c1-10-3-2-4-12(7-10)16-13(15)8-11-9-17-6-5-14-11/h10-12,14H,2-9H2,1H3. The summed E-state index contributed by atoms with van der Waals surface area (Å²) in [4.78, 5) is 11.8. The van der Waals surface area contributed by atoms with E-state index in [1.165, 1.54) is 12.8 Å². The molecule has 2 aliphatic rings. The van der Waals surface area contributed by atoms with E-state index in [9.17, 15) is 4.79 Å². The summed E-state index contributed by atoms with van der Waals surface area (Å²) >= 11 is 1.92. The maximum Gasteiger partial charge on any atom is 0.307 e. The highest BCUT2D eigenvalue weighted by Crippen LogP contribution is 2.26. The number of ether oxygens (including phenoxy) is 1. The lowest BCUT2D eigenvalue weighted by Gasteiger charge is -2.28. The Hall–Kier alpha value is -0.220. The van der Waals surface area contributed by atoms with Gasteiger partial charge in [0.1, 0.15) is 6.10 Å². The Labute approximate surface area is 108 Å². The Morgan fingerprint density at radius 1 is 1.47 bits per heavy atom. The highest BCUT2D eigenvalue weighted by Gasteiger charge is 2.24. The zero-order chi connectivity index (χ0) is 12.1. The quantitative estimate of drug-likeness (QED) is 0.787. The molecule has 3 nitrogen and oxygen atoms in total. The zero-order valence-electron chi connectivity index (χ0n) is 10.6. The van der Waals surface area contributed by atoms with E-state index in [-0.39, 0.29) is 12.1 Å². The molecule has 0 aromatic heterocycles. The maximum atomic E-state index is 11.8. The van der Waals surface area contributed by atoms with Crippen molar-refractivity contribution in [3.8, 4) is 0 Å². The second-order valence-electron chi connectivity index (χ2n) is 5.31. The Balaban J connectivity index is 1.68. The van der Waals surface area contributed by atoms with Gasteiger partial charge in [-0.1, -0.05) is 13.3 Å². The molecule has 0 aromatic carbocycles. The van der Waals surface area contributed by atoms with Crippen LogP contribution in [0.4, 0.5) is 0 Å². The highest BCUT2D eigenvalue weighted by atomic mass is 32.2. The molecule has 1 aliphatic heterocycles. The van der Waals surface area contributed by atoms with Gasteiger partial charge in [0.05, 0.1) is 6.42 Å². The van der Waals surface area contributed by atoms with Crippen LogP contribution in [0.25, 0.3) is 0 Å². The Kier molecular flexibility index (Phi) is 5.16. The Bertz CT molecular complexity index is 254. The molecule has 0 bridgehead atoms. The van der Waals surface area contributed by atoms with Gasteiger partial charge < -0.3 is 10.1 Å². The molecule has 1 aliphatic carbocycles. The van der Waals surface area contributed by atoms with E-state index in [0.29, 0.717) is 18.4 Å². The van der Waals surface area contributed by atoms with Gasteiger partial charge in [0, 0.05) is 24.1 Å². The minimum Gasteiger partial charge on any atom is -0.462 e. The summed E-state index contributed by atoms with van der Waals surface area (Å²) in [5, 5.41) is 3.37. The van der Waals surface area contributed by atoms with Crippen molar-refractivity contribution < 1.29 is 9.53 Å².